The molecule has 1 aromatic carbocycles. The Morgan fingerprint density at radius 3 is 2.84 bits per heavy atom. The zero-order valence-electron chi connectivity index (χ0n) is 9.49. The molecule has 8 heteroatoms. The van der Waals surface area contributed by atoms with Crippen LogP contribution in [0.2, 0.25) is 0 Å². The predicted molar refractivity (Wildman–Crippen MR) is 63.7 cm³/mol. The topological polar surface area (TPSA) is 106 Å². The lowest BCUT2D eigenvalue weighted by molar-refractivity contribution is -0.129. The van der Waals surface area contributed by atoms with Crippen LogP contribution in [0.4, 0.5) is 0 Å². The van der Waals surface area contributed by atoms with Crippen molar-refractivity contribution in [1.29, 1.82) is 0 Å². The number of oxazole rings is 1. The normalized spacial score (nSPS) is 22.4. The number of carbonyl (C=O) groups is 2. The van der Waals surface area contributed by atoms with E-state index in [1.54, 1.807) is 0 Å². The summed E-state index contributed by atoms with van der Waals surface area (Å²) in [5, 5.41) is 0.641. The maximum absolute atomic E-state index is 12.0. The minimum Gasteiger partial charge on any atom is -0.443 e. The number of nitrogens with one attached hydrogen (secondary N) is 1. The van der Waals surface area contributed by atoms with Crippen LogP contribution < -0.4 is 5.32 Å². The number of fused-ring (bicyclic) bond motifs is 1. The Morgan fingerprint density at radius 1 is 1.32 bits per heavy atom. The smallest absolute Gasteiger partial charge is 0.249 e. The molecule has 98 valence electrons. The highest BCUT2D eigenvalue weighted by molar-refractivity contribution is 7.93. The van der Waals surface area contributed by atoms with Crippen molar-refractivity contribution in [2.24, 2.45) is 0 Å². The molecule has 0 bridgehead atoms. The summed E-state index contributed by atoms with van der Waals surface area (Å²) < 4.78 is 28.9. The van der Waals surface area contributed by atoms with Crippen molar-refractivity contribution in [3.05, 3.63) is 30.2 Å². The predicted octanol–water partition coefficient (Wildman–Crippen LogP) is -0.0599. The molecule has 1 fully saturated rings. The quantitative estimate of drug-likeness (QED) is 0.733. The first kappa shape index (κ1) is 11.8. The molecule has 1 aromatic heterocycles. The zero-order valence-corrected chi connectivity index (χ0v) is 10.3. The molecule has 0 radical (unpaired) electrons. The molecule has 0 saturated carbocycles. The molecule has 2 amide bonds. The Bertz CT molecular complexity index is 792. The monoisotopic (exact) mass is 280 g/mol. The van der Waals surface area contributed by atoms with E-state index >= 15 is 0 Å². The van der Waals surface area contributed by atoms with Crippen molar-refractivity contribution < 1.29 is 22.4 Å². The second-order valence-electron chi connectivity index (χ2n) is 4.18. The molecule has 3 rings (SSSR count). The maximum Gasteiger partial charge on any atom is 0.249 e. The summed E-state index contributed by atoms with van der Waals surface area (Å²) in [7, 11) is -3.85. The highest BCUT2D eigenvalue weighted by Gasteiger charge is 2.41. The number of hydrogen-bond donors (Lipinski definition) is 1. The SMILES string of the molecule is O=C1CS(=O)(=O)C(c2ccc3ocnc3c2)C(=O)N1. The summed E-state index contributed by atoms with van der Waals surface area (Å²) in [5.41, 5.74) is 1.22. The van der Waals surface area contributed by atoms with Crippen LogP contribution in [0, 0.1) is 0 Å². The van der Waals surface area contributed by atoms with Crippen LogP contribution in [0.3, 0.4) is 0 Å². The van der Waals surface area contributed by atoms with Gasteiger partial charge in [0.15, 0.2) is 27.1 Å². The van der Waals surface area contributed by atoms with Crippen LogP contribution in [-0.2, 0) is 19.4 Å². The van der Waals surface area contributed by atoms with E-state index < -0.39 is 32.7 Å². The fourth-order valence-corrected chi connectivity index (χ4v) is 3.62. The molecule has 1 N–H and O–H groups in total. The number of hydrogen-bond acceptors (Lipinski definition) is 6. The number of amides is 2. The van der Waals surface area contributed by atoms with Gasteiger partial charge in [-0.2, -0.15) is 0 Å². The second-order valence-corrected chi connectivity index (χ2v) is 6.26. The first-order valence-corrected chi connectivity index (χ1v) is 7.07. The largest absolute Gasteiger partial charge is 0.443 e. The van der Waals surface area contributed by atoms with Gasteiger partial charge in [0.05, 0.1) is 0 Å². The first-order chi connectivity index (χ1) is 8.97. The van der Waals surface area contributed by atoms with E-state index in [2.05, 4.69) is 4.98 Å². The molecule has 1 saturated heterocycles. The van der Waals surface area contributed by atoms with Gasteiger partial charge in [-0.25, -0.2) is 13.4 Å². The molecular weight excluding hydrogens is 272 g/mol. The molecule has 0 aliphatic carbocycles. The molecular formula is C11H8N2O5S. The molecule has 7 nitrogen and oxygen atoms in total. The molecule has 1 aliphatic heterocycles. The Labute approximate surface area is 107 Å². The summed E-state index contributed by atoms with van der Waals surface area (Å²) in [6.45, 7) is 0. The zero-order chi connectivity index (χ0) is 13.6. The van der Waals surface area contributed by atoms with Gasteiger partial charge in [0.2, 0.25) is 11.8 Å². The summed E-state index contributed by atoms with van der Waals surface area (Å²) in [4.78, 5) is 26.7. The third-order valence-corrected chi connectivity index (χ3v) is 4.72. The van der Waals surface area contributed by atoms with Crippen LogP contribution in [0.25, 0.3) is 11.1 Å². The minimum absolute atomic E-state index is 0.270. The van der Waals surface area contributed by atoms with Gasteiger partial charge in [-0.15, -0.1) is 0 Å². The second kappa shape index (κ2) is 3.89. The number of carbonyl (C=O) groups excluding carboxylic acids is 2. The Balaban J connectivity index is 2.13. The number of imide groups is 1. The molecule has 19 heavy (non-hydrogen) atoms. The van der Waals surface area contributed by atoms with Crippen LogP contribution in [-0.4, -0.2) is 31.0 Å². The average molecular weight is 280 g/mol. The Hall–Kier alpha value is -2.22. The summed E-state index contributed by atoms with van der Waals surface area (Å²) >= 11 is 0. The minimum atomic E-state index is -3.85. The highest BCUT2D eigenvalue weighted by atomic mass is 32.2. The molecule has 2 aromatic rings. The van der Waals surface area contributed by atoms with Gasteiger partial charge in [-0.1, -0.05) is 6.07 Å². The van der Waals surface area contributed by atoms with E-state index in [0.717, 1.165) is 0 Å². The van der Waals surface area contributed by atoms with Crippen molar-refractivity contribution >= 4 is 32.8 Å². The number of sulfone groups is 1. The lowest BCUT2D eigenvalue weighted by Gasteiger charge is -2.21. The Kier molecular flexibility index (Phi) is 2.42. The summed E-state index contributed by atoms with van der Waals surface area (Å²) in [6.07, 6.45) is 1.23. The summed E-state index contributed by atoms with van der Waals surface area (Å²) in [5.74, 6) is -2.33. The first-order valence-electron chi connectivity index (χ1n) is 5.36. The van der Waals surface area contributed by atoms with E-state index in [9.17, 15) is 18.0 Å². The van der Waals surface area contributed by atoms with Crippen molar-refractivity contribution in [2.75, 3.05) is 5.75 Å². The van der Waals surface area contributed by atoms with Gasteiger partial charge in [0.1, 0.15) is 11.3 Å². The lowest BCUT2D eigenvalue weighted by atomic mass is 10.1. The fraction of sp³-hybridized carbons (Fsp3) is 0.182. The van der Waals surface area contributed by atoms with Crippen molar-refractivity contribution in [3.8, 4) is 0 Å². The Morgan fingerprint density at radius 2 is 2.11 bits per heavy atom. The maximum atomic E-state index is 12.0. The van der Waals surface area contributed by atoms with E-state index in [1.165, 1.54) is 24.6 Å². The van der Waals surface area contributed by atoms with Gasteiger partial charge in [-0.3, -0.25) is 14.9 Å². The van der Waals surface area contributed by atoms with Crippen molar-refractivity contribution in [3.63, 3.8) is 0 Å². The highest BCUT2D eigenvalue weighted by Crippen LogP contribution is 2.28. The van der Waals surface area contributed by atoms with E-state index in [0.29, 0.717) is 11.1 Å². The van der Waals surface area contributed by atoms with Crippen LogP contribution >= 0.6 is 0 Å². The molecule has 1 atom stereocenters. The van der Waals surface area contributed by atoms with E-state index in [4.69, 9.17) is 4.42 Å². The van der Waals surface area contributed by atoms with Crippen LogP contribution in [0.15, 0.2) is 29.0 Å². The molecule has 1 aliphatic rings. The van der Waals surface area contributed by atoms with Gasteiger partial charge >= 0.3 is 0 Å². The number of rotatable bonds is 1. The van der Waals surface area contributed by atoms with Crippen LogP contribution in [0.1, 0.15) is 10.8 Å². The van der Waals surface area contributed by atoms with Gasteiger partial charge in [0.25, 0.3) is 0 Å². The molecule has 0 spiro atoms. The van der Waals surface area contributed by atoms with Crippen LogP contribution in [0.5, 0.6) is 0 Å². The summed E-state index contributed by atoms with van der Waals surface area (Å²) in [6, 6.07) is 4.48. The van der Waals surface area contributed by atoms with E-state index in [1.807, 2.05) is 5.32 Å². The standard InChI is InChI=1S/C11H8N2O5S/c14-9-4-19(16,17)10(11(15)13-9)6-1-2-8-7(3-6)12-5-18-8/h1-3,5,10H,4H2,(H,13,14,15). The third-order valence-electron chi connectivity index (χ3n) is 2.85. The third kappa shape index (κ3) is 1.89. The lowest BCUT2D eigenvalue weighted by Crippen LogP contribution is -2.47. The number of benzene rings is 1. The van der Waals surface area contributed by atoms with Crippen molar-refractivity contribution in [2.45, 2.75) is 5.25 Å². The molecule has 1 unspecified atom stereocenters. The van der Waals surface area contributed by atoms with Crippen molar-refractivity contribution in [1.82, 2.24) is 10.3 Å². The number of nitrogens with zero attached hydrogens (tertiary/aromatic N) is 1. The van der Waals surface area contributed by atoms with Gasteiger partial charge in [-0.05, 0) is 17.7 Å². The average Bonchev–Trinajstić information content (AvgIpc) is 2.73. The van der Waals surface area contributed by atoms with E-state index in [-0.39, 0.29) is 5.56 Å². The van der Waals surface area contributed by atoms with Gasteiger partial charge in [0, 0.05) is 0 Å². The fourth-order valence-electron chi connectivity index (χ4n) is 2.06. The number of aromatic nitrogens is 1. The molecule has 2 heterocycles. The van der Waals surface area contributed by atoms with Gasteiger partial charge < -0.3 is 4.42 Å².